The van der Waals surface area contributed by atoms with E-state index in [9.17, 15) is 4.79 Å². The van der Waals surface area contributed by atoms with E-state index in [0.717, 1.165) is 34.6 Å². The lowest BCUT2D eigenvalue weighted by atomic mass is 10.0. The minimum absolute atomic E-state index is 0.148. The first-order valence-corrected chi connectivity index (χ1v) is 9.76. The van der Waals surface area contributed by atoms with E-state index in [1.165, 1.54) is 0 Å². The van der Waals surface area contributed by atoms with Crippen LogP contribution in [0.1, 0.15) is 23.2 Å². The zero-order valence-electron chi connectivity index (χ0n) is 16.7. The summed E-state index contributed by atoms with van der Waals surface area (Å²) in [7, 11) is 3.98. The van der Waals surface area contributed by atoms with Crippen LogP contribution >= 0.6 is 0 Å². The van der Waals surface area contributed by atoms with Crippen molar-refractivity contribution in [2.75, 3.05) is 25.5 Å². The SMILES string of the molecule is CN(C)c1nc(-c2ccncc2)nc2c1CCN(C(=O)CCc1cccnc1)C2. The fraction of sp³-hybridized carbons (Fsp3) is 0.318. The molecule has 0 unspecified atom stereocenters. The van der Waals surface area contributed by atoms with Gasteiger partial charge in [-0.2, -0.15) is 0 Å². The van der Waals surface area contributed by atoms with Gasteiger partial charge in [-0.15, -0.1) is 0 Å². The predicted octanol–water partition coefficient (Wildman–Crippen LogP) is 2.52. The predicted molar refractivity (Wildman–Crippen MR) is 111 cm³/mol. The molecule has 0 radical (unpaired) electrons. The molecular weight excluding hydrogens is 364 g/mol. The first kappa shape index (κ1) is 19.0. The van der Waals surface area contributed by atoms with Gasteiger partial charge < -0.3 is 9.80 Å². The van der Waals surface area contributed by atoms with Crippen molar-refractivity contribution in [3.05, 3.63) is 65.9 Å². The Balaban J connectivity index is 1.56. The molecule has 4 rings (SSSR count). The molecule has 0 fully saturated rings. The highest BCUT2D eigenvalue weighted by atomic mass is 16.2. The number of carbonyl (C=O) groups is 1. The third-order valence-electron chi connectivity index (χ3n) is 5.11. The number of pyridine rings is 2. The van der Waals surface area contributed by atoms with E-state index >= 15 is 0 Å². The largest absolute Gasteiger partial charge is 0.362 e. The highest BCUT2D eigenvalue weighted by Gasteiger charge is 2.26. The van der Waals surface area contributed by atoms with Crippen molar-refractivity contribution in [3.8, 4) is 11.4 Å². The van der Waals surface area contributed by atoms with Crippen LogP contribution in [0.5, 0.6) is 0 Å². The van der Waals surface area contributed by atoms with Crippen molar-refractivity contribution < 1.29 is 4.79 Å². The molecule has 1 aliphatic heterocycles. The van der Waals surface area contributed by atoms with E-state index in [0.29, 0.717) is 31.8 Å². The van der Waals surface area contributed by atoms with Gasteiger partial charge in [0.2, 0.25) is 5.91 Å². The Bertz CT molecular complexity index is 991. The first-order chi connectivity index (χ1) is 14.1. The summed E-state index contributed by atoms with van der Waals surface area (Å²) in [5.74, 6) is 1.73. The Hall–Kier alpha value is -3.35. The lowest BCUT2D eigenvalue weighted by Gasteiger charge is -2.30. The van der Waals surface area contributed by atoms with Crippen molar-refractivity contribution in [1.82, 2.24) is 24.8 Å². The summed E-state index contributed by atoms with van der Waals surface area (Å²) in [5.41, 5.74) is 4.06. The van der Waals surface area contributed by atoms with Crippen LogP contribution in [0.15, 0.2) is 49.1 Å². The number of anilines is 1. The van der Waals surface area contributed by atoms with Gasteiger partial charge in [0.15, 0.2) is 5.82 Å². The second kappa shape index (κ2) is 8.34. The number of hydrogen-bond donors (Lipinski definition) is 0. The molecular formula is C22H24N6O. The molecule has 4 heterocycles. The summed E-state index contributed by atoms with van der Waals surface area (Å²) in [6, 6.07) is 7.71. The summed E-state index contributed by atoms with van der Waals surface area (Å²) < 4.78 is 0. The minimum Gasteiger partial charge on any atom is -0.362 e. The number of amides is 1. The van der Waals surface area contributed by atoms with Gasteiger partial charge in [0.05, 0.1) is 12.2 Å². The molecule has 29 heavy (non-hydrogen) atoms. The Kier molecular flexibility index (Phi) is 5.46. The molecule has 7 heteroatoms. The smallest absolute Gasteiger partial charge is 0.223 e. The fourth-order valence-electron chi connectivity index (χ4n) is 3.58. The molecule has 0 aromatic carbocycles. The van der Waals surface area contributed by atoms with Gasteiger partial charge in [-0.1, -0.05) is 6.07 Å². The normalized spacial score (nSPS) is 13.1. The Morgan fingerprint density at radius 1 is 1.10 bits per heavy atom. The average Bonchev–Trinajstić information content (AvgIpc) is 2.77. The van der Waals surface area contributed by atoms with Crippen LogP contribution in [0.2, 0.25) is 0 Å². The summed E-state index contributed by atoms with van der Waals surface area (Å²) >= 11 is 0. The monoisotopic (exact) mass is 388 g/mol. The summed E-state index contributed by atoms with van der Waals surface area (Å²) in [5, 5.41) is 0. The Labute approximate surface area is 170 Å². The maximum atomic E-state index is 12.8. The van der Waals surface area contributed by atoms with Gasteiger partial charge in [0.25, 0.3) is 0 Å². The lowest BCUT2D eigenvalue weighted by molar-refractivity contribution is -0.132. The number of aromatic nitrogens is 4. The quantitative estimate of drug-likeness (QED) is 0.669. The van der Waals surface area contributed by atoms with Crippen LogP contribution in [0, 0.1) is 0 Å². The second-order valence-electron chi connectivity index (χ2n) is 7.35. The Morgan fingerprint density at radius 2 is 1.93 bits per heavy atom. The second-order valence-corrected chi connectivity index (χ2v) is 7.35. The van der Waals surface area contributed by atoms with Crippen LogP contribution in [0.25, 0.3) is 11.4 Å². The average molecular weight is 388 g/mol. The highest BCUT2D eigenvalue weighted by Crippen LogP contribution is 2.28. The molecule has 0 saturated heterocycles. The standard InChI is InChI=1S/C22H24N6O/c1-27(2)22-18-9-13-28(20(29)6-5-16-4-3-10-24-14-16)15-19(18)25-21(26-22)17-7-11-23-12-8-17/h3-4,7-8,10-12,14H,5-6,9,13,15H2,1-2H3. The van der Waals surface area contributed by atoms with E-state index in [1.807, 2.05) is 54.4 Å². The number of rotatable bonds is 5. The van der Waals surface area contributed by atoms with E-state index < -0.39 is 0 Å². The third kappa shape index (κ3) is 4.23. The molecule has 0 spiro atoms. The van der Waals surface area contributed by atoms with Crippen molar-refractivity contribution in [1.29, 1.82) is 0 Å². The highest BCUT2D eigenvalue weighted by molar-refractivity contribution is 5.77. The number of fused-ring (bicyclic) bond motifs is 1. The van der Waals surface area contributed by atoms with Gasteiger partial charge in [0.1, 0.15) is 5.82 Å². The van der Waals surface area contributed by atoms with Crippen molar-refractivity contribution >= 4 is 11.7 Å². The number of aryl methyl sites for hydroxylation is 1. The molecule has 148 valence electrons. The van der Waals surface area contributed by atoms with Crippen LogP contribution in [-0.4, -0.2) is 51.4 Å². The fourth-order valence-corrected chi connectivity index (χ4v) is 3.58. The number of nitrogens with zero attached hydrogens (tertiary/aromatic N) is 6. The molecule has 0 aliphatic carbocycles. The molecule has 1 amide bonds. The lowest BCUT2D eigenvalue weighted by Crippen LogP contribution is -2.37. The van der Waals surface area contributed by atoms with Gasteiger partial charge >= 0.3 is 0 Å². The van der Waals surface area contributed by atoms with E-state index in [1.54, 1.807) is 18.6 Å². The molecule has 1 aliphatic rings. The zero-order valence-corrected chi connectivity index (χ0v) is 16.7. The van der Waals surface area contributed by atoms with E-state index in [2.05, 4.69) is 9.97 Å². The van der Waals surface area contributed by atoms with Crippen molar-refractivity contribution in [3.63, 3.8) is 0 Å². The van der Waals surface area contributed by atoms with Crippen LogP contribution in [0.3, 0.4) is 0 Å². The van der Waals surface area contributed by atoms with Gasteiger partial charge in [-0.3, -0.25) is 14.8 Å². The molecule has 3 aromatic rings. The molecule has 0 N–H and O–H groups in total. The number of hydrogen-bond acceptors (Lipinski definition) is 6. The molecule has 7 nitrogen and oxygen atoms in total. The first-order valence-electron chi connectivity index (χ1n) is 9.76. The summed E-state index contributed by atoms with van der Waals surface area (Å²) in [6.07, 6.45) is 8.97. The molecule has 0 atom stereocenters. The Morgan fingerprint density at radius 3 is 2.66 bits per heavy atom. The minimum atomic E-state index is 0.148. The van der Waals surface area contributed by atoms with Gasteiger partial charge in [-0.05, 0) is 36.6 Å². The van der Waals surface area contributed by atoms with Gasteiger partial charge in [0, 0.05) is 63.0 Å². The summed E-state index contributed by atoms with van der Waals surface area (Å²) in [6.45, 7) is 1.21. The topological polar surface area (TPSA) is 75.1 Å². The zero-order chi connectivity index (χ0) is 20.2. The molecule has 0 saturated carbocycles. The van der Waals surface area contributed by atoms with Crippen LogP contribution in [-0.2, 0) is 24.2 Å². The molecule has 3 aromatic heterocycles. The third-order valence-corrected chi connectivity index (χ3v) is 5.11. The maximum Gasteiger partial charge on any atom is 0.223 e. The van der Waals surface area contributed by atoms with E-state index in [4.69, 9.17) is 9.97 Å². The van der Waals surface area contributed by atoms with Crippen LogP contribution in [0.4, 0.5) is 5.82 Å². The molecule has 0 bridgehead atoms. The summed E-state index contributed by atoms with van der Waals surface area (Å²) in [4.78, 5) is 34.5. The van der Waals surface area contributed by atoms with Gasteiger partial charge in [-0.25, -0.2) is 9.97 Å². The van der Waals surface area contributed by atoms with Crippen LogP contribution < -0.4 is 4.90 Å². The number of carbonyl (C=O) groups excluding carboxylic acids is 1. The van der Waals surface area contributed by atoms with Crippen molar-refractivity contribution in [2.45, 2.75) is 25.8 Å². The van der Waals surface area contributed by atoms with E-state index in [-0.39, 0.29) is 5.91 Å². The van der Waals surface area contributed by atoms with Crippen molar-refractivity contribution in [2.24, 2.45) is 0 Å². The maximum absolute atomic E-state index is 12.8.